The molecule has 2 atom stereocenters. The molecule has 2 aliphatic heterocycles. The van der Waals surface area contributed by atoms with E-state index < -0.39 is 27.5 Å². The van der Waals surface area contributed by atoms with Gasteiger partial charge in [-0.2, -0.15) is 0 Å². The Morgan fingerprint density at radius 1 is 1.09 bits per heavy atom. The SMILES string of the molecule is CC(C)C(=O)N1CCN(C(=O)C2(N)CC2)[C@H]2CS(=O)(=O)C[C@H]21.Cl. The first-order chi connectivity index (χ1) is 10.1. The van der Waals surface area contributed by atoms with Gasteiger partial charge in [0.1, 0.15) is 0 Å². The monoisotopic (exact) mass is 365 g/mol. The summed E-state index contributed by atoms with van der Waals surface area (Å²) < 4.78 is 24.1. The quantitative estimate of drug-likeness (QED) is 0.703. The lowest BCUT2D eigenvalue weighted by molar-refractivity contribution is -0.148. The van der Waals surface area contributed by atoms with Crippen LogP contribution in [0.2, 0.25) is 0 Å². The van der Waals surface area contributed by atoms with Crippen LogP contribution in [0.3, 0.4) is 0 Å². The number of carbonyl (C=O) groups excluding carboxylic acids is 2. The van der Waals surface area contributed by atoms with Crippen molar-refractivity contribution in [1.29, 1.82) is 0 Å². The minimum atomic E-state index is -3.24. The van der Waals surface area contributed by atoms with E-state index in [1.807, 2.05) is 0 Å². The average Bonchev–Trinajstić information content (AvgIpc) is 3.08. The number of halogens is 1. The van der Waals surface area contributed by atoms with E-state index in [-0.39, 0.29) is 41.6 Å². The number of rotatable bonds is 2. The van der Waals surface area contributed by atoms with Gasteiger partial charge in [0, 0.05) is 19.0 Å². The maximum absolute atomic E-state index is 12.5. The molecule has 1 aliphatic carbocycles. The van der Waals surface area contributed by atoms with Crippen molar-refractivity contribution in [2.75, 3.05) is 24.6 Å². The van der Waals surface area contributed by atoms with Crippen molar-refractivity contribution in [1.82, 2.24) is 9.80 Å². The van der Waals surface area contributed by atoms with Gasteiger partial charge in [-0.3, -0.25) is 9.59 Å². The highest BCUT2D eigenvalue weighted by Crippen LogP contribution is 2.37. The Morgan fingerprint density at radius 2 is 1.57 bits per heavy atom. The Labute approximate surface area is 142 Å². The molecule has 2 N–H and O–H groups in total. The van der Waals surface area contributed by atoms with Crippen LogP contribution in [-0.2, 0) is 19.4 Å². The van der Waals surface area contributed by atoms with Crippen LogP contribution < -0.4 is 5.73 Å². The number of carbonyl (C=O) groups is 2. The summed E-state index contributed by atoms with van der Waals surface area (Å²) in [7, 11) is -3.24. The summed E-state index contributed by atoms with van der Waals surface area (Å²) in [6.45, 7) is 4.36. The van der Waals surface area contributed by atoms with Gasteiger partial charge in [-0.15, -0.1) is 12.4 Å². The van der Waals surface area contributed by atoms with Crippen LogP contribution in [0, 0.1) is 5.92 Å². The summed E-state index contributed by atoms with van der Waals surface area (Å²) in [6.07, 6.45) is 1.31. The first-order valence-electron chi connectivity index (χ1n) is 7.75. The molecule has 0 spiro atoms. The summed E-state index contributed by atoms with van der Waals surface area (Å²) in [5.41, 5.74) is 5.19. The highest BCUT2D eigenvalue weighted by atomic mass is 35.5. The third-order valence-electron chi connectivity index (χ3n) is 4.93. The lowest BCUT2D eigenvalue weighted by Crippen LogP contribution is -2.64. The van der Waals surface area contributed by atoms with Crippen LogP contribution in [0.15, 0.2) is 0 Å². The number of nitrogens with two attached hydrogens (primary N) is 1. The minimum absolute atomic E-state index is 0. The normalized spacial score (nSPS) is 30.6. The maximum atomic E-state index is 12.5. The van der Waals surface area contributed by atoms with Crippen molar-refractivity contribution >= 4 is 34.1 Å². The van der Waals surface area contributed by atoms with Gasteiger partial charge in [0.05, 0.1) is 29.1 Å². The number of fused-ring (bicyclic) bond motifs is 1. The number of amides is 2. The van der Waals surface area contributed by atoms with Crippen LogP contribution in [0.25, 0.3) is 0 Å². The molecule has 3 fully saturated rings. The Balaban J connectivity index is 0.00000192. The molecule has 23 heavy (non-hydrogen) atoms. The Hall–Kier alpha value is -0.860. The second-order valence-corrected chi connectivity index (χ2v) is 9.21. The molecule has 2 amide bonds. The first kappa shape index (κ1) is 18.5. The number of sulfone groups is 1. The topological polar surface area (TPSA) is 101 Å². The van der Waals surface area contributed by atoms with Gasteiger partial charge in [-0.05, 0) is 12.8 Å². The van der Waals surface area contributed by atoms with Gasteiger partial charge < -0.3 is 15.5 Å². The van der Waals surface area contributed by atoms with Crippen LogP contribution in [0.5, 0.6) is 0 Å². The van der Waals surface area contributed by atoms with Crippen LogP contribution in [0.4, 0.5) is 0 Å². The Morgan fingerprint density at radius 3 is 2.04 bits per heavy atom. The summed E-state index contributed by atoms with van der Waals surface area (Å²) in [5.74, 6) is -0.515. The molecule has 1 saturated carbocycles. The third kappa shape index (κ3) is 3.21. The van der Waals surface area contributed by atoms with E-state index in [0.717, 1.165) is 0 Å². The summed E-state index contributed by atoms with van der Waals surface area (Å²) in [4.78, 5) is 28.2. The largest absolute Gasteiger partial charge is 0.335 e. The van der Waals surface area contributed by atoms with Gasteiger partial charge in [-0.1, -0.05) is 13.8 Å². The maximum Gasteiger partial charge on any atom is 0.243 e. The fourth-order valence-corrected chi connectivity index (χ4v) is 5.43. The zero-order valence-corrected chi connectivity index (χ0v) is 15.0. The Kier molecular flexibility index (Phi) is 4.74. The molecule has 2 heterocycles. The molecule has 0 aromatic carbocycles. The summed E-state index contributed by atoms with van der Waals surface area (Å²) >= 11 is 0. The van der Waals surface area contributed by atoms with Crippen LogP contribution in [0.1, 0.15) is 26.7 Å². The average molecular weight is 366 g/mol. The lowest BCUT2D eigenvalue weighted by atomic mass is 10.0. The van der Waals surface area contributed by atoms with E-state index in [9.17, 15) is 18.0 Å². The zero-order chi connectivity index (χ0) is 16.3. The van der Waals surface area contributed by atoms with Crippen molar-refractivity contribution in [2.24, 2.45) is 11.7 Å². The molecule has 0 bridgehead atoms. The highest BCUT2D eigenvalue weighted by Gasteiger charge is 2.55. The molecule has 0 radical (unpaired) electrons. The van der Waals surface area contributed by atoms with E-state index in [1.54, 1.807) is 23.6 Å². The molecular weight excluding hydrogens is 342 g/mol. The molecule has 3 rings (SSSR count). The molecular formula is C14H24ClN3O4S. The van der Waals surface area contributed by atoms with Crippen molar-refractivity contribution in [3.05, 3.63) is 0 Å². The fourth-order valence-electron chi connectivity index (χ4n) is 3.44. The lowest BCUT2D eigenvalue weighted by Gasteiger charge is -2.45. The molecule has 7 nitrogen and oxygen atoms in total. The molecule has 2 saturated heterocycles. The third-order valence-corrected chi connectivity index (χ3v) is 6.63. The predicted molar refractivity (Wildman–Crippen MR) is 87.9 cm³/mol. The van der Waals surface area contributed by atoms with Crippen LogP contribution >= 0.6 is 12.4 Å². The molecule has 0 unspecified atom stereocenters. The molecule has 0 aromatic rings. The van der Waals surface area contributed by atoms with Crippen molar-refractivity contribution in [3.63, 3.8) is 0 Å². The van der Waals surface area contributed by atoms with Gasteiger partial charge in [-0.25, -0.2) is 8.42 Å². The standard InChI is InChI=1S/C14H23N3O4S.ClH/c1-9(2)12(18)16-5-6-17(13(19)14(15)3-4-14)11-8-22(20,21)7-10(11)16;/h9-11H,3-8,15H2,1-2H3;1H/t10-,11+;/m1./s1. The highest BCUT2D eigenvalue weighted by molar-refractivity contribution is 7.91. The molecule has 132 valence electrons. The second kappa shape index (κ2) is 5.89. The van der Waals surface area contributed by atoms with Crippen molar-refractivity contribution < 1.29 is 18.0 Å². The van der Waals surface area contributed by atoms with E-state index in [0.29, 0.717) is 25.9 Å². The van der Waals surface area contributed by atoms with E-state index in [2.05, 4.69) is 0 Å². The molecule has 0 aromatic heterocycles. The van der Waals surface area contributed by atoms with E-state index >= 15 is 0 Å². The van der Waals surface area contributed by atoms with Gasteiger partial charge in [0.15, 0.2) is 9.84 Å². The van der Waals surface area contributed by atoms with Gasteiger partial charge in [0.25, 0.3) is 0 Å². The van der Waals surface area contributed by atoms with Crippen LogP contribution in [-0.4, -0.2) is 72.2 Å². The predicted octanol–water partition coefficient (Wildman–Crippen LogP) is -0.608. The summed E-state index contributed by atoms with van der Waals surface area (Å²) in [5, 5.41) is 0. The number of hydrogen-bond donors (Lipinski definition) is 1. The summed E-state index contributed by atoms with van der Waals surface area (Å²) in [6, 6.07) is -0.880. The van der Waals surface area contributed by atoms with Gasteiger partial charge >= 0.3 is 0 Å². The fraction of sp³-hybridized carbons (Fsp3) is 0.857. The number of hydrogen-bond acceptors (Lipinski definition) is 5. The molecule has 3 aliphatic rings. The van der Waals surface area contributed by atoms with Crippen molar-refractivity contribution in [2.45, 2.75) is 44.3 Å². The Bertz CT molecular complexity index is 618. The van der Waals surface area contributed by atoms with Crippen molar-refractivity contribution in [3.8, 4) is 0 Å². The number of nitrogens with zero attached hydrogens (tertiary/aromatic N) is 2. The van der Waals surface area contributed by atoms with Gasteiger partial charge in [0.2, 0.25) is 11.8 Å². The van der Waals surface area contributed by atoms with E-state index in [1.165, 1.54) is 0 Å². The number of piperazine rings is 1. The first-order valence-corrected chi connectivity index (χ1v) is 9.58. The van der Waals surface area contributed by atoms with E-state index in [4.69, 9.17) is 5.73 Å². The molecule has 9 heteroatoms. The minimum Gasteiger partial charge on any atom is -0.335 e. The smallest absolute Gasteiger partial charge is 0.243 e. The second-order valence-electron chi connectivity index (χ2n) is 7.05. The zero-order valence-electron chi connectivity index (χ0n) is 13.4.